The van der Waals surface area contributed by atoms with E-state index in [4.69, 9.17) is 4.74 Å². The molecule has 2 aromatic heterocycles. The summed E-state index contributed by atoms with van der Waals surface area (Å²) in [5.74, 6) is -0.668. The van der Waals surface area contributed by atoms with Gasteiger partial charge in [-0.25, -0.2) is 18.7 Å². The third-order valence-corrected chi connectivity index (χ3v) is 4.74. The molecule has 2 aromatic carbocycles. The largest absolute Gasteiger partial charge is 0.465 e. The predicted molar refractivity (Wildman–Crippen MR) is 114 cm³/mol. The first-order chi connectivity index (χ1) is 14.5. The molecular weight excluding hydrogens is 383 g/mol. The molecule has 7 heteroatoms. The van der Waals surface area contributed by atoms with Gasteiger partial charge < -0.3 is 10.1 Å². The number of anilines is 1. The van der Waals surface area contributed by atoms with E-state index in [1.54, 1.807) is 60.1 Å². The average Bonchev–Trinajstić information content (AvgIpc) is 3.20. The molecule has 0 saturated heterocycles. The monoisotopic (exact) mass is 402 g/mol. The molecule has 0 unspecified atom stereocenters. The molecule has 150 valence electrons. The summed E-state index contributed by atoms with van der Waals surface area (Å²) < 4.78 is 20.4. The highest BCUT2D eigenvalue weighted by molar-refractivity contribution is 5.90. The molecule has 0 aliphatic rings. The fourth-order valence-corrected chi connectivity index (χ4v) is 3.06. The maximum Gasteiger partial charge on any atom is 0.337 e. The second-order valence-electron chi connectivity index (χ2n) is 6.77. The Morgan fingerprint density at radius 2 is 1.90 bits per heavy atom. The first-order valence-electron chi connectivity index (χ1n) is 9.22. The molecule has 4 rings (SSSR count). The van der Waals surface area contributed by atoms with Crippen LogP contribution in [-0.2, 0) is 4.74 Å². The van der Waals surface area contributed by atoms with E-state index in [9.17, 15) is 9.18 Å². The van der Waals surface area contributed by atoms with E-state index in [0.29, 0.717) is 33.7 Å². The number of aryl methyl sites for hydroxylation is 1. The van der Waals surface area contributed by atoms with Gasteiger partial charge in [0.2, 0.25) is 0 Å². The van der Waals surface area contributed by atoms with E-state index < -0.39 is 5.97 Å². The Labute approximate surface area is 172 Å². The van der Waals surface area contributed by atoms with E-state index >= 15 is 0 Å². The van der Waals surface area contributed by atoms with Crippen molar-refractivity contribution < 1.29 is 13.9 Å². The second-order valence-corrected chi connectivity index (χ2v) is 6.77. The van der Waals surface area contributed by atoms with Crippen molar-refractivity contribution in [3.05, 3.63) is 90.0 Å². The van der Waals surface area contributed by atoms with Crippen LogP contribution in [0.4, 0.5) is 10.1 Å². The summed E-state index contributed by atoms with van der Waals surface area (Å²) in [5.41, 5.74) is 5.00. The number of hydrogen-bond acceptors (Lipinski definition) is 5. The van der Waals surface area contributed by atoms with Gasteiger partial charge in [-0.05, 0) is 48.9 Å². The SMILES string of the molecule is C=C(Nc1ccc(C(=O)OC)cc1)c1cc2nccc(-c3ccc(C)c(F)c3)n2n1. The van der Waals surface area contributed by atoms with Crippen LogP contribution in [0.3, 0.4) is 0 Å². The third kappa shape index (κ3) is 3.65. The number of aromatic nitrogens is 3. The summed E-state index contributed by atoms with van der Waals surface area (Å²) >= 11 is 0. The molecule has 0 spiro atoms. The number of carbonyl (C=O) groups excluding carboxylic acids is 1. The van der Waals surface area contributed by atoms with E-state index in [2.05, 4.69) is 22.0 Å². The van der Waals surface area contributed by atoms with Crippen LogP contribution in [0, 0.1) is 12.7 Å². The first kappa shape index (κ1) is 19.3. The lowest BCUT2D eigenvalue weighted by Gasteiger charge is -2.08. The Bertz CT molecular complexity index is 1260. The topological polar surface area (TPSA) is 68.5 Å². The van der Waals surface area contributed by atoms with Crippen LogP contribution in [0.15, 0.2) is 67.4 Å². The van der Waals surface area contributed by atoms with Gasteiger partial charge in [-0.1, -0.05) is 18.7 Å². The van der Waals surface area contributed by atoms with Crippen molar-refractivity contribution in [3.63, 3.8) is 0 Å². The van der Waals surface area contributed by atoms with Gasteiger partial charge in [-0.3, -0.25) is 0 Å². The zero-order valence-corrected chi connectivity index (χ0v) is 16.5. The van der Waals surface area contributed by atoms with Crippen LogP contribution < -0.4 is 5.32 Å². The number of fused-ring (bicyclic) bond motifs is 1. The van der Waals surface area contributed by atoms with Gasteiger partial charge in [0.05, 0.1) is 24.1 Å². The fourth-order valence-electron chi connectivity index (χ4n) is 3.06. The molecule has 0 bridgehead atoms. The van der Waals surface area contributed by atoms with Crippen LogP contribution in [0.25, 0.3) is 22.6 Å². The van der Waals surface area contributed by atoms with Crippen LogP contribution in [0.1, 0.15) is 21.6 Å². The van der Waals surface area contributed by atoms with Gasteiger partial charge in [0.1, 0.15) is 11.5 Å². The van der Waals surface area contributed by atoms with E-state index in [1.165, 1.54) is 13.2 Å². The standard InChI is InChI=1S/C23H19FN4O2/c1-14-4-5-17(12-19(14)24)21-10-11-25-22-13-20(27-28(21)22)15(2)26-18-8-6-16(7-9-18)23(29)30-3/h4-13,26H,2H2,1,3H3. The number of nitrogens with one attached hydrogen (secondary N) is 1. The number of methoxy groups -OCH3 is 1. The number of ether oxygens (including phenoxy) is 1. The van der Waals surface area contributed by atoms with Crippen LogP contribution in [0.2, 0.25) is 0 Å². The zero-order chi connectivity index (χ0) is 21.3. The summed E-state index contributed by atoms with van der Waals surface area (Å²) in [6.45, 7) is 5.77. The van der Waals surface area contributed by atoms with Crippen molar-refractivity contribution >= 4 is 23.0 Å². The average molecular weight is 402 g/mol. The van der Waals surface area contributed by atoms with Gasteiger partial charge in [0.15, 0.2) is 5.65 Å². The van der Waals surface area contributed by atoms with Gasteiger partial charge in [-0.15, -0.1) is 0 Å². The van der Waals surface area contributed by atoms with E-state index in [-0.39, 0.29) is 5.82 Å². The Balaban J connectivity index is 1.62. The quantitative estimate of drug-likeness (QED) is 0.490. The van der Waals surface area contributed by atoms with Gasteiger partial charge >= 0.3 is 5.97 Å². The molecule has 0 radical (unpaired) electrons. The third-order valence-electron chi connectivity index (χ3n) is 4.74. The molecule has 2 heterocycles. The number of esters is 1. The molecular formula is C23H19FN4O2. The number of benzene rings is 2. The Morgan fingerprint density at radius 1 is 1.13 bits per heavy atom. The van der Waals surface area contributed by atoms with Crippen molar-refractivity contribution in [3.8, 4) is 11.3 Å². The Morgan fingerprint density at radius 3 is 2.60 bits per heavy atom. The zero-order valence-electron chi connectivity index (χ0n) is 16.5. The summed E-state index contributed by atoms with van der Waals surface area (Å²) in [5, 5.41) is 7.76. The molecule has 0 atom stereocenters. The minimum atomic E-state index is -0.396. The number of hydrogen-bond donors (Lipinski definition) is 1. The lowest BCUT2D eigenvalue weighted by Crippen LogP contribution is -2.02. The van der Waals surface area contributed by atoms with E-state index in [0.717, 1.165) is 11.4 Å². The summed E-state index contributed by atoms with van der Waals surface area (Å²) in [4.78, 5) is 15.9. The van der Waals surface area contributed by atoms with Crippen molar-refractivity contribution in [1.29, 1.82) is 0 Å². The van der Waals surface area contributed by atoms with Gasteiger partial charge in [0.25, 0.3) is 0 Å². The van der Waals surface area contributed by atoms with Crippen LogP contribution in [-0.4, -0.2) is 27.7 Å². The molecule has 30 heavy (non-hydrogen) atoms. The number of rotatable bonds is 5. The maximum atomic E-state index is 14.0. The lowest BCUT2D eigenvalue weighted by atomic mass is 10.1. The molecule has 0 aliphatic heterocycles. The molecule has 1 N–H and O–H groups in total. The van der Waals surface area contributed by atoms with Gasteiger partial charge in [-0.2, -0.15) is 5.10 Å². The lowest BCUT2D eigenvalue weighted by molar-refractivity contribution is 0.0601. The highest BCUT2D eigenvalue weighted by Gasteiger charge is 2.12. The summed E-state index contributed by atoms with van der Waals surface area (Å²) in [7, 11) is 1.34. The normalized spacial score (nSPS) is 10.8. The number of halogens is 1. The van der Waals surface area contributed by atoms with E-state index in [1.807, 2.05) is 6.07 Å². The molecule has 0 fully saturated rings. The van der Waals surface area contributed by atoms with Crippen LogP contribution >= 0.6 is 0 Å². The van der Waals surface area contributed by atoms with Gasteiger partial charge in [0, 0.05) is 23.5 Å². The highest BCUT2D eigenvalue weighted by atomic mass is 19.1. The Hall–Kier alpha value is -4.00. The van der Waals surface area contributed by atoms with Crippen molar-refractivity contribution in [2.45, 2.75) is 6.92 Å². The number of carbonyl (C=O) groups is 1. The first-order valence-corrected chi connectivity index (χ1v) is 9.22. The smallest absolute Gasteiger partial charge is 0.337 e. The van der Waals surface area contributed by atoms with Crippen LogP contribution in [0.5, 0.6) is 0 Å². The van der Waals surface area contributed by atoms with Crippen molar-refractivity contribution in [2.24, 2.45) is 0 Å². The summed E-state index contributed by atoms with van der Waals surface area (Å²) in [6, 6.07) is 15.5. The second kappa shape index (κ2) is 7.79. The molecule has 0 saturated carbocycles. The minimum Gasteiger partial charge on any atom is -0.465 e. The Kier molecular flexibility index (Phi) is 5.02. The summed E-state index contributed by atoms with van der Waals surface area (Å²) in [6.07, 6.45) is 1.66. The van der Waals surface area contributed by atoms with Crippen molar-refractivity contribution in [2.75, 3.05) is 12.4 Å². The molecule has 0 amide bonds. The predicted octanol–water partition coefficient (Wildman–Crippen LogP) is 4.71. The molecule has 0 aliphatic carbocycles. The number of nitrogens with zero attached hydrogens (tertiary/aromatic N) is 3. The molecule has 6 nitrogen and oxygen atoms in total. The maximum absolute atomic E-state index is 14.0. The fraction of sp³-hybridized carbons (Fsp3) is 0.0870. The molecule has 4 aromatic rings. The highest BCUT2D eigenvalue weighted by Crippen LogP contribution is 2.24. The minimum absolute atomic E-state index is 0.272. The van der Waals surface area contributed by atoms with Crippen molar-refractivity contribution in [1.82, 2.24) is 14.6 Å².